The lowest BCUT2D eigenvalue weighted by Crippen LogP contribution is -2.59. The summed E-state index contributed by atoms with van der Waals surface area (Å²) in [6, 6.07) is -1.12. The largest absolute Gasteiger partial charge is 0.480 e. The van der Waals surface area contributed by atoms with Crippen molar-refractivity contribution in [2.45, 2.75) is 37.3 Å². The van der Waals surface area contributed by atoms with E-state index in [1.807, 2.05) is 20.4 Å². The number of rotatable bonds is 8. The smallest absolute Gasteiger partial charge is 0.326 e. The molecule has 2 N–H and O–H groups in total. The van der Waals surface area contributed by atoms with Crippen LogP contribution in [0.4, 0.5) is 4.79 Å². The highest BCUT2D eigenvalue weighted by Gasteiger charge is 2.40. The standard InChI is InChI=1S/C14H27N3O3S/c1-16(2)14(7-5-8-14)10-17(3)13(20)15-11(12(18)19)6-9-21-4/h11H,5-10H2,1-4H3,(H,15,20)(H,18,19)/t11-/m0/s1. The molecule has 0 aromatic rings. The summed E-state index contributed by atoms with van der Waals surface area (Å²) in [6.45, 7) is 0.626. The van der Waals surface area contributed by atoms with E-state index >= 15 is 0 Å². The van der Waals surface area contributed by atoms with E-state index in [2.05, 4.69) is 10.2 Å². The molecular weight excluding hydrogens is 290 g/mol. The minimum absolute atomic E-state index is 0.0457. The first-order valence-electron chi connectivity index (χ1n) is 7.23. The second kappa shape index (κ2) is 7.89. The molecule has 1 saturated carbocycles. The molecule has 122 valence electrons. The van der Waals surface area contributed by atoms with Gasteiger partial charge in [0.25, 0.3) is 0 Å². The molecule has 1 fully saturated rings. The molecular formula is C14H27N3O3S. The predicted molar refractivity (Wildman–Crippen MR) is 85.9 cm³/mol. The number of aliphatic carboxylic acids is 1. The average molecular weight is 317 g/mol. The molecule has 21 heavy (non-hydrogen) atoms. The van der Waals surface area contributed by atoms with E-state index in [-0.39, 0.29) is 11.6 Å². The van der Waals surface area contributed by atoms with Crippen LogP contribution in [-0.2, 0) is 4.79 Å². The Bertz CT molecular complexity index is 372. The Hall–Kier alpha value is -0.950. The van der Waals surface area contributed by atoms with E-state index in [0.717, 1.165) is 12.8 Å². The third kappa shape index (κ3) is 4.78. The Labute approximate surface area is 131 Å². The number of hydrogen-bond donors (Lipinski definition) is 2. The van der Waals surface area contributed by atoms with Crippen LogP contribution in [0.1, 0.15) is 25.7 Å². The molecule has 1 aliphatic carbocycles. The van der Waals surface area contributed by atoms with Crippen LogP contribution in [0.15, 0.2) is 0 Å². The molecule has 1 rings (SSSR count). The number of hydrogen-bond acceptors (Lipinski definition) is 4. The number of thioether (sulfide) groups is 1. The molecule has 2 amide bonds. The zero-order valence-electron chi connectivity index (χ0n) is 13.4. The topological polar surface area (TPSA) is 72.9 Å². The van der Waals surface area contributed by atoms with Crippen LogP contribution < -0.4 is 5.32 Å². The molecule has 0 radical (unpaired) electrons. The van der Waals surface area contributed by atoms with Gasteiger partial charge in [-0.1, -0.05) is 0 Å². The monoisotopic (exact) mass is 317 g/mol. The Balaban J connectivity index is 2.54. The van der Waals surface area contributed by atoms with Gasteiger partial charge in [0.05, 0.1) is 0 Å². The van der Waals surface area contributed by atoms with Crippen LogP contribution in [-0.4, -0.2) is 78.2 Å². The molecule has 0 spiro atoms. The fourth-order valence-electron chi connectivity index (χ4n) is 2.60. The first-order chi connectivity index (χ1) is 9.82. The lowest BCUT2D eigenvalue weighted by molar-refractivity contribution is -0.139. The SMILES string of the molecule is CSCC[C@H](NC(=O)N(C)CC1(N(C)C)CCC1)C(=O)O. The summed E-state index contributed by atoms with van der Waals surface area (Å²) in [5, 5.41) is 11.8. The number of carbonyl (C=O) groups excluding carboxylic acids is 1. The number of amides is 2. The van der Waals surface area contributed by atoms with Crippen LogP contribution in [0.5, 0.6) is 0 Å². The van der Waals surface area contributed by atoms with Crippen molar-refractivity contribution in [3.8, 4) is 0 Å². The van der Waals surface area contributed by atoms with Gasteiger partial charge in [0.2, 0.25) is 0 Å². The molecule has 0 aliphatic heterocycles. The molecule has 0 bridgehead atoms. The van der Waals surface area contributed by atoms with Gasteiger partial charge in [0.15, 0.2) is 0 Å². The summed E-state index contributed by atoms with van der Waals surface area (Å²) in [5.41, 5.74) is 0.0457. The first-order valence-corrected chi connectivity index (χ1v) is 8.62. The van der Waals surface area contributed by atoms with Crippen LogP contribution in [0.2, 0.25) is 0 Å². The Morgan fingerprint density at radius 1 is 1.33 bits per heavy atom. The molecule has 0 unspecified atom stereocenters. The normalized spacial score (nSPS) is 18.0. The maximum Gasteiger partial charge on any atom is 0.326 e. The first kappa shape index (κ1) is 18.1. The van der Waals surface area contributed by atoms with E-state index < -0.39 is 12.0 Å². The van der Waals surface area contributed by atoms with Crippen molar-refractivity contribution in [3.05, 3.63) is 0 Å². The van der Waals surface area contributed by atoms with Crippen molar-refractivity contribution in [3.63, 3.8) is 0 Å². The number of nitrogens with one attached hydrogen (secondary N) is 1. The third-order valence-electron chi connectivity index (χ3n) is 4.32. The maximum atomic E-state index is 12.2. The van der Waals surface area contributed by atoms with E-state index in [1.165, 1.54) is 6.42 Å². The Kier molecular flexibility index (Phi) is 6.80. The fourth-order valence-corrected chi connectivity index (χ4v) is 3.07. The lowest BCUT2D eigenvalue weighted by Gasteiger charge is -2.49. The molecule has 0 aromatic carbocycles. The summed E-state index contributed by atoms with van der Waals surface area (Å²) in [5.74, 6) is -0.264. The number of carbonyl (C=O) groups is 2. The molecule has 0 heterocycles. The molecule has 0 aromatic heterocycles. The van der Waals surface area contributed by atoms with Crippen LogP contribution in [0.25, 0.3) is 0 Å². The number of carboxylic acids is 1. The summed E-state index contributed by atoms with van der Waals surface area (Å²) in [6.07, 6.45) is 5.69. The summed E-state index contributed by atoms with van der Waals surface area (Å²) >= 11 is 1.57. The number of nitrogens with zero attached hydrogens (tertiary/aromatic N) is 2. The molecule has 0 saturated heterocycles. The van der Waals surface area contributed by atoms with E-state index in [4.69, 9.17) is 5.11 Å². The average Bonchev–Trinajstić information content (AvgIpc) is 2.37. The van der Waals surface area contributed by atoms with E-state index in [0.29, 0.717) is 18.7 Å². The van der Waals surface area contributed by atoms with Crippen molar-refractivity contribution in [2.75, 3.05) is 39.7 Å². The highest BCUT2D eigenvalue weighted by Crippen LogP contribution is 2.36. The summed E-state index contributed by atoms with van der Waals surface area (Å²) < 4.78 is 0. The van der Waals surface area contributed by atoms with Gasteiger partial charge < -0.3 is 20.2 Å². The van der Waals surface area contributed by atoms with Crippen LogP contribution in [0, 0.1) is 0 Å². The Morgan fingerprint density at radius 3 is 2.33 bits per heavy atom. The van der Waals surface area contributed by atoms with Gasteiger partial charge >= 0.3 is 12.0 Å². The number of urea groups is 1. The van der Waals surface area contributed by atoms with Gasteiger partial charge in [0, 0.05) is 19.1 Å². The molecule has 7 heteroatoms. The van der Waals surface area contributed by atoms with Crippen molar-refractivity contribution in [1.82, 2.24) is 15.1 Å². The van der Waals surface area contributed by atoms with Crippen LogP contribution in [0.3, 0.4) is 0 Å². The van der Waals surface area contributed by atoms with Gasteiger partial charge in [-0.25, -0.2) is 9.59 Å². The molecule has 6 nitrogen and oxygen atoms in total. The minimum Gasteiger partial charge on any atom is -0.480 e. The molecule has 1 atom stereocenters. The van der Waals surface area contributed by atoms with Crippen molar-refractivity contribution in [1.29, 1.82) is 0 Å². The fraction of sp³-hybridized carbons (Fsp3) is 0.857. The zero-order chi connectivity index (χ0) is 16.0. The van der Waals surface area contributed by atoms with Gasteiger partial charge in [-0.05, 0) is 51.8 Å². The summed E-state index contributed by atoms with van der Waals surface area (Å²) in [4.78, 5) is 27.1. The second-order valence-electron chi connectivity index (χ2n) is 5.95. The van der Waals surface area contributed by atoms with Gasteiger partial charge in [0.1, 0.15) is 6.04 Å². The maximum absolute atomic E-state index is 12.2. The summed E-state index contributed by atoms with van der Waals surface area (Å²) in [7, 11) is 5.79. The highest BCUT2D eigenvalue weighted by atomic mass is 32.2. The van der Waals surface area contributed by atoms with Gasteiger partial charge in [-0.2, -0.15) is 11.8 Å². The predicted octanol–water partition coefficient (Wildman–Crippen LogP) is 1.32. The van der Waals surface area contributed by atoms with E-state index in [9.17, 15) is 9.59 Å². The van der Waals surface area contributed by atoms with Gasteiger partial charge in [-0.3, -0.25) is 0 Å². The van der Waals surface area contributed by atoms with Gasteiger partial charge in [-0.15, -0.1) is 0 Å². The highest BCUT2D eigenvalue weighted by molar-refractivity contribution is 7.98. The van der Waals surface area contributed by atoms with Crippen LogP contribution >= 0.6 is 11.8 Å². The second-order valence-corrected chi connectivity index (χ2v) is 6.94. The van der Waals surface area contributed by atoms with Crippen molar-refractivity contribution >= 4 is 23.8 Å². The number of carboxylic acid groups (broad SMARTS) is 1. The quantitative estimate of drug-likeness (QED) is 0.706. The third-order valence-corrected chi connectivity index (χ3v) is 4.96. The van der Waals surface area contributed by atoms with Crippen molar-refractivity contribution < 1.29 is 14.7 Å². The minimum atomic E-state index is -0.975. The number of likely N-dealkylation sites (N-methyl/N-ethyl adjacent to an activating group) is 2. The zero-order valence-corrected chi connectivity index (χ0v) is 14.2. The Morgan fingerprint density at radius 2 is 1.95 bits per heavy atom. The van der Waals surface area contributed by atoms with E-state index in [1.54, 1.807) is 23.7 Å². The van der Waals surface area contributed by atoms with Crippen molar-refractivity contribution in [2.24, 2.45) is 0 Å². The molecule has 1 aliphatic rings. The lowest BCUT2D eigenvalue weighted by atomic mass is 9.75.